The summed E-state index contributed by atoms with van der Waals surface area (Å²) in [7, 11) is 0. The number of hydrogen-bond donors (Lipinski definition) is 1. The third kappa shape index (κ3) is 2.81. The molecule has 84 valence electrons. The van der Waals surface area contributed by atoms with Gasteiger partial charge in [-0.2, -0.15) is 13.2 Å². The van der Waals surface area contributed by atoms with Gasteiger partial charge < -0.3 is 5.73 Å². The van der Waals surface area contributed by atoms with Crippen LogP contribution < -0.4 is 5.73 Å². The average molecular weight is 219 g/mol. The first-order chi connectivity index (χ1) is 6.60. The average Bonchev–Trinajstić information content (AvgIpc) is 1.99. The molecule has 0 aliphatic rings. The lowest BCUT2D eigenvalue weighted by molar-refractivity contribution is -0.141. The number of nitrogen functional groups attached to an aromatic ring is 1. The number of nitrogens with two attached hydrogens (primary N) is 1. The Bertz CT molecular complexity index is 334. The molecule has 1 heterocycles. The summed E-state index contributed by atoms with van der Waals surface area (Å²) in [4.78, 5) is 6.95. The topological polar surface area (TPSA) is 51.8 Å². The van der Waals surface area contributed by atoms with Crippen LogP contribution in [0.4, 0.5) is 19.1 Å². The standard InChI is InChI=1S/C9H12F3N3/c1-8(2,3)5-4-6(9(10,11)12)15-7(13)14-5/h4H,1-3H3,(H2,13,14,15). The fourth-order valence-electron chi connectivity index (χ4n) is 0.995. The Balaban J connectivity index is 3.30. The second-order valence-electron chi connectivity index (χ2n) is 4.24. The first-order valence-corrected chi connectivity index (χ1v) is 4.33. The van der Waals surface area contributed by atoms with Crippen LogP contribution in [0.15, 0.2) is 6.07 Å². The zero-order valence-electron chi connectivity index (χ0n) is 8.68. The molecule has 0 radical (unpaired) electrons. The summed E-state index contributed by atoms with van der Waals surface area (Å²) in [6, 6.07) is 0.927. The van der Waals surface area contributed by atoms with E-state index < -0.39 is 17.3 Å². The second kappa shape index (κ2) is 3.36. The van der Waals surface area contributed by atoms with E-state index in [1.165, 1.54) is 0 Å². The largest absolute Gasteiger partial charge is 0.433 e. The zero-order chi connectivity index (χ0) is 11.9. The summed E-state index contributed by atoms with van der Waals surface area (Å²) < 4.78 is 37.2. The van der Waals surface area contributed by atoms with Crippen molar-refractivity contribution in [2.24, 2.45) is 0 Å². The predicted molar refractivity (Wildman–Crippen MR) is 50.1 cm³/mol. The molecular weight excluding hydrogens is 207 g/mol. The predicted octanol–water partition coefficient (Wildman–Crippen LogP) is 2.38. The van der Waals surface area contributed by atoms with Gasteiger partial charge in [-0.1, -0.05) is 20.8 Å². The minimum Gasteiger partial charge on any atom is -0.368 e. The molecule has 0 bridgehead atoms. The third-order valence-electron chi connectivity index (χ3n) is 1.80. The van der Waals surface area contributed by atoms with Crippen molar-refractivity contribution in [2.75, 3.05) is 5.73 Å². The second-order valence-corrected chi connectivity index (χ2v) is 4.24. The van der Waals surface area contributed by atoms with E-state index in [0.717, 1.165) is 6.07 Å². The quantitative estimate of drug-likeness (QED) is 0.728. The summed E-state index contributed by atoms with van der Waals surface area (Å²) in [5.41, 5.74) is 4.02. The van der Waals surface area contributed by atoms with Crippen LogP contribution in [0.3, 0.4) is 0 Å². The monoisotopic (exact) mass is 219 g/mol. The van der Waals surface area contributed by atoms with Gasteiger partial charge in [-0.15, -0.1) is 0 Å². The maximum absolute atomic E-state index is 12.4. The number of nitrogens with zero attached hydrogens (tertiary/aromatic N) is 2. The molecule has 0 unspecified atom stereocenters. The lowest BCUT2D eigenvalue weighted by Gasteiger charge is -2.19. The van der Waals surface area contributed by atoms with Crippen LogP contribution in [0, 0.1) is 0 Å². The van der Waals surface area contributed by atoms with Crippen LogP contribution in [0.2, 0.25) is 0 Å². The highest BCUT2D eigenvalue weighted by Gasteiger charge is 2.34. The van der Waals surface area contributed by atoms with Gasteiger partial charge in [0.1, 0.15) is 5.69 Å². The molecule has 0 spiro atoms. The SMILES string of the molecule is CC(C)(C)c1cc(C(F)(F)F)nc(N)n1. The van der Waals surface area contributed by atoms with Gasteiger partial charge >= 0.3 is 6.18 Å². The fourth-order valence-corrected chi connectivity index (χ4v) is 0.995. The van der Waals surface area contributed by atoms with E-state index in [9.17, 15) is 13.2 Å². The summed E-state index contributed by atoms with van der Waals surface area (Å²) in [5.74, 6) is -0.352. The Kier molecular flexibility index (Phi) is 2.63. The molecule has 15 heavy (non-hydrogen) atoms. The number of alkyl halides is 3. The van der Waals surface area contributed by atoms with Crippen LogP contribution in [-0.4, -0.2) is 9.97 Å². The van der Waals surface area contributed by atoms with E-state index in [4.69, 9.17) is 5.73 Å². The van der Waals surface area contributed by atoms with Crippen LogP contribution in [0.25, 0.3) is 0 Å². The van der Waals surface area contributed by atoms with Crippen molar-refractivity contribution < 1.29 is 13.2 Å². The van der Waals surface area contributed by atoms with Crippen molar-refractivity contribution in [3.8, 4) is 0 Å². The minimum atomic E-state index is -4.49. The summed E-state index contributed by atoms with van der Waals surface area (Å²) >= 11 is 0. The Labute approximate surface area is 85.5 Å². The number of anilines is 1. The molecule has 0 saturated heterocycles. The molecule has 6 heteroatoms. The van der Waals surface area contributed by atoms with Crippen molar-refractivity contribution in [1.82, 2.24) is 9.97 Å². The van der Waals surface area contributed by atoms with Gasteiger partial charge in [0.05, 0.1) is 5.69 Å². The van der Waals surface area contributed by atoms with E-state index in [1.807, 2.05) is 0 Å². The number of aromatic nitrogens is 2. The molecule has 0 saturated carbocycles. The fraction of sp³-hybridized carbons (Fsp3) is 0.556. The lowest BCUT2D eigenvalue weighted by atomic mass is 9.91. The zero-order valence-corrected chi connectivity index (χ0v) is 8.68. The van der Waals surface area contributed by atoms with E-state index in [-0.39, 0.29) is 11.6 Å². The molecular formula is C9H12F3N3. The lowest BCUT2D eigenvalue weighted by Crippen LogP contribution is -2.19. The first kappa shape index (κ1) is 11.7. The molecule has 0 aliphatic carbocycles. The molecule has 0 aliphatic heterocycles. The molecule has 0 amide bonds. The van der Waals surface area contributed by atoms with Gasteiger partial charge in [0.2, 0.25) is 5.95 Å². The molecule has 1 rings (SSSR count). The highest BCUT2D eigenvalue weighted by Crippen LogP contribution is 2.30. The van der Waals surface area contributed by atoms with Crippen molar-refractivity contribution in [1.29, 1.82) is 0 Å². The number of hydrogen-bond acceptors (Lipinski definition) is 3. The molecule has 3 nitrogen and oxygen atoms in total. The Morgan fingerprint density at radius 2 is 1.53 bits per heavy atom. The normalized spacial score (nSPS) is 12.9. The van der Waals surface area contributed by atoms with E-state index in [0.29, 0.717) is 0 Å². The van der Waals surface area contributed by atoms with Gasteiger partial charge in [0.25, 0.3) is 0 Å². The number of halogens is 3. The molecule has 0 aromatic carbocycles. The van der Waals surface area contributed by atoms with Gasteiger partial charge in [-0.3, -0.25) is 0 Å². The Hall–Kier alpha value is -1.33. The molecule has 0 fully saturated rings. The Morgan fingerprint density at radius 1 is 1.07 bits per heavy atom. The smallest absolute Gasteiger partial charge is 0.368 e. The molecule has 0 atom stereocenters. The molecule has 2 N–H and O–H groups in total. The Morgan fingerprint density at radius 3 is 1.93 bits per heavy atom. The summed E-state index contributed by atoms with van der Waals surface area (Å²) in [6.07, 6.45) is -4.49. The number of rotatable bonds is 0. The van der Waals surface area contributed by atoms with Crippen LogP contribution in [-0.2, 0) is 11.6 Å². The van der Waals surface area contributed by atoms with Crippen LogP contribution in [0.1, 0.15) is 32.2 Å². The van der Waals surface area contributed by atoms with E-state index in [2.05, 4.69) is 9.97 Å². The van der Waals surface area contributed by atoms with Crippen molar-refractivity contribution in [3.05, 3.63) is 17.5 Å². The van der Waals surface area contributed by atoms with E-state index >= 15 is 0 Å². The summed E-state index contributed by atoms with van der Waals surface area (Å²) in [5, 5.41) is 0. The molecule has 1 aromatic heterocycles. The van der Waals surface area contributed by atoms with Crippen molar-refractivity contribution in [3.63, 3.8) is 0 Å². The van der Waals surface area contributed by atoms with Gasteiger partial charge in [0.15, 0.2) is 0 Å². The van der Waals surface area contributed by atoms with Gasteiger partial charge in [0, 0.05) is 5.41 Å². The van der Waals surface area contributed by atoms with Crippen LogP contribution >= 0.6 is 0 Å². The van der Waals surface area contributed by atoms with Gasteiger partial charge in [-0.05, 0) is 6.07 Å². The maximum atomic E-state index is 12.4. The first-order valence-electron chi connectivity index (χ1n) is 4.33. The van der Waals surface area contributed by atoms with Gasteiger partial charge in [-0.25, -0.2) is 9.97 Å². The summed E-state index contributed by atoms with van der Waals surface area (Å²) in [6.45, 7) is 5.28. The highest BCUT2D eigenvalue weighted by atomic mass is 19.4. The van der Waals surface area contributed by atoms with Crippen LogP contribution in [0.5, 0.6) is 0 Å². The molecule has 1 aromatic rings. The highest BCUT2D eigenvalue weighted by molar-refractivity contribution is 5.27. The third-order valence-corrected chi connectivity index (χ3v) is 1.80. The van der Waals surface area contributed by atoms with E-state index in [1.54, 1.807) is 20.8 Å². The maximum Gasteiger partial charge on any atom is 0.433 e. The van der Waals surface area contributed by atoms with Crippen molar-refractivity contribution in [2.45, 2.75) is 32.4 Å². The minimum absolute atomic E-state index is 0.280. The van der Waals surface area contributed by atoms with Crippen molar-refractivity contribution >= 4 is 5.95 Å².